The largest absolute Gasteiger partial charge is 0.0776 e. The van der Waals surface area contributed by atoms with E-state index in [2.05, 4.69) is 20.8 Å². The van der Waals surface area contributed by atoms with Crippen LogP contribution in [0.3, 0.4) is 0 Å². The van der Waals surface area contributed by atoms with Crippen LogP contribution in [-0.2, 0) is 0 Å². The minimum Gasteiger partial charge on any atom is -0.0776 e. The van der Waals surface area contributed by atoms with E-state index in [1.165, 1.54) is 32.1 Å². The van der Waals surface area contributed by atoms with Gasteiger partial charge < -0.3 is 0 Å². The molecule has 0 aliphatic heterocycles. The van der Waals surface area contributed by atoms with Gasteiger partial charge in [-0.3, -0.25) is 0 Å². The molecule has 0 saturated heterocycles. The molecule has 0 heteroatoms. The number of hydrogen-bond acceptors (Lipinski definition) is 0. The molecular weight excluding hydrogens is 144 g/mol. The van der Waals surface area contributed by atoms with Gasteiger partial charge in [-0.05, 0) is 24.2 Å². The Bertz CT molecular complexity index is 103. The second-order valence-corrected chi connectivity index (χ2v) is 4.34. The topological polar surface area (TPSA) is 0 Å². The van der Waals surface area contributed by atoms with Crippen LogP contribution in [0.2, 0.25) is 0 Å². The van der Waals surface area contributed by atoms with Gasteiger partial charge in [-0.15, -0.1) is 0 Å². The van der Waals surface area contributed by atoms with Crippen LogP contribution in [0.1, 0.15) is 67.7 Å². The van der Waals surface area contributed by atoms with Gasteiger partial charge in [0.1, 0.15) is 0 Å². The molecule has 0 heterocycles. The molecule has 0 aromatic heterocycles. The third kappa shape index (κ3) is 3.16. The smallest absolute Gasteiger partial charge is 0.0326 e. The Morgan fingerprint density at radius 2 is 1.75 bits per heavy atom. The van der Waals surface area contributed by atoms with Gasteiger partial charge in [-0.2, -0.15) is 0 Å². The molecule has 0 amide bonds. The van der Waals surface area contributed by atoms with E-state index >= 15 is 0 Å². The Hall–Kier alpha value is 0. The lowest BCUT2D eigenvalue weighted by atomic mass is 9.68. The summed E-state index contributed by atoms with van der Waals surface area (Å²) in [6.45, 7) is 7.19. The summed E-state index contributed by atoms with van der Waals surface area (Å²) in [6, 6.07) is 0. The van der Waals surface area contributed by atoms with Crippen molar-refractivity contribution in [3.8, 4) is 0 Å². The van der Waals surface area contributed by atoms with E-state index in [4.69, 9.17) is 0 Å². The molecule has 1 aliphatic carbocycles. The molecule has 0 spiro atoms. The van der Waals surface area contributed by atoms with E-state index in [-0.39, 0.29) is 14.9 Å². The second-order valence-electron chi connectivity index (χ2n) is 4.34. The first-order chi connectivity index (χ1) is 4.67. The molecule has 1 atom stereocenters. The van der Waals surface area contributed by atoms with E-state index in [1.807, 2.05) is 0 Å². The Morgan fingerprint density at radius 3 is 2.08 bits per heavy atom. The summed E-state index contributed by atoms with van der Waals surface area (Å²) in [6.07, 6.45) is 7.24. The zero-order valence-electron chi connectivity index (χ0n) is 7.61. The molecule has 1 rings (SSSR count). The van der Waals surface area contributed by atoms with E-state index in [9.17, 15) is 0 Å². The van der Waals surface area contributed by atoms with Gasteiger partial charge in [0.2, 0.25) is 0 Å². The highest BCUT2D eigenvalue weighted by Gasteiger charge is 2.30. The van der Waals surface area contributed by atoms with Crippen LogP contribution in [-0.4, -0.2) is 0 Å². The Balaban J connectivity index is 0. The number of rotatable bonds is 1. The standard InChI is InChI=1S/C10H20.2CH4/c1-4-9-7-5-6-8-10(9,2)3;;/h9H,4-8H2,1-3H3;2*1H4. The van der Waals surface area contributed by atoms with Crippen LogP contribution >= 0.6 is 0 Å². The lowest BCUT2D eigenvalue weighted by molar-refractivity contribution is 0.134. The monoisotopic (exact) mass is 172 g/mol. The van der Waals surface area contributed by atoms with E-state index < -0.39 is 0 Å². The Morgan fingerprint density at radius 1 is 1.17 bits per heavy atom. The van der Waals surface area contributed by atoms with Gasteiger partial charge in [0.15, 0.2) is 0 Å². The normalized spacial score (nSPS) is 26.8. The minimum absolute atomic E-state index is 0. The lowest BCUT2D eigenvalue weighted by Gasteiger charge is -2.38. The fourth-order valence-electron chi connectivity index (χ4n) is 2.32. The molecule has 1 fully saturated rings. The van der Waals surface area contributed by atoms with Crippen molar-refractivity contribution in [1.82, 2.24) is 0 Å². The van der Waals surface area contributed by atoms with Gasteiger partial charge >= 0.3 is 0 Å². The highest BCUT2D eigenvalue weighted by Crippen LogP contribution is 2.41. The first-order valence-electron chi connectivity index (χ1n) is 4.67. The van der Waals surface area contributed by atoms with Crippen molar-refractivity contribution in [2.24, 2.45) is 11.3 Å². The van der Waals surface area contributed by atoms with Crippen molar-refractivity contribution in [1.29, 1.82) is 0 Å². The summed E-state index contributed by atoms with van der Waals surface area (Å²) in [5.74, 6) is 1.00. The van der Waals surface area contributed by atoms with Crippen LogP contribution in [0, 0.1) is 11.3 Å². The second kappa shape index (κ2) is 5.61. The SMILES string of the molecule is C.C.CCC1CCCCC1(C)C. The van der Waals surface area contributed by atoms with Crippen LogP contribution < -0.4 is 0 Å². The van der Waals surface area contributed by atoms with Crippen LogP contribution in [0.15, 0.2) is 0 Å². The van der Waals surface area contributed by atoms with E-state index in [0.29, 0.717) is 5.41 Å². The van der Waals surface area contributed by atoms with Crippen molar-refractivity contribution in [2.45, 2.75) is 67.7 Å². The fourth-order valence-corrected chi connectivity index (χ4v) is 2.32. The zero-order chi connectivity index (χ0) is 7.61. The zero-order valence-corrected chi connectivity index (χ0v) is 7.61. The Labute approximate surface area is 79.8 Å². The quantitative estimate of drug-likeness (QED) is 0.528. The maximum atomic E-state index is 2.43. The predicted octanol–water partition coefficient (Wildman–Crippen LogP) is 4.89. The van der Waals surface area contributed by atoms with Gasteiger partial charge in [0.05, 0.1) is 0 Å². The number of hydrogen-bond donors (Lipinski definition) is 0. The first-order valence-corrected chi connectivity index (χ1v) is 4.67. The van der Waals surface area contributed by atoms with Crippen molar-refractivity contribution < 1.29 is 0 Å². The maximum Gasteiger partial charge on any atom is -0.0326 e. The van der Waals surface area contributed by atoms with Crippen LogP contribution in [0.4, 0.5) is 0 Å². The summed E-state index contributed by atoms with van der Waals surface area (Å²) in [4.78, 5) is 0. The molecule has 1 saturated carbocycles. The van der Waals surface area contributed by atoms with Gasteiger partial charge in [0.25, 0.3) is 0 Å². The molecule has 0 bridgehead atoms. The third-order valence-corrected chi connectivity index (χ3v) is 3.22. The lowest BCUT2D eigenvalue weighted by Crippen LogP contribution is -2.26. The fraction of sp³-hybridized carbons (Fsp3) is 1.00. The third-order valence-electron chi connectivity index (χ3n) is 3.22. The summed E-state index contributed by atoms with van der Waals surface area (Å²) < 4.78 is 0. The highest BCUT2D eigenvalue weighted by molar-refractivity contribution is 4.81. The summed E-state index contributed by atoms with van der Waals surface area (Å²) in [7, 11) is 0. The molecule has 0 nitrogen and oxygen atoms in total. The average molecular weight is 172 g/mol. The molecule has 1 unspecified atom stereocenters. The van der Waals surface area contributed by atoms with Crippen molar-refractivity contribution in [3.63, 3.8) is 0 Å². The van der Waals surface area contributed by atoms with Crippen molar-refractivity contribution in [3.05, 3.63) is 0 Å². The molecule has 0 aromatic rings. The minimum atomic E-state index is 0. The van der Waals surface area contributed by atoms with Crippen molar-refractivity contribution in [2.75, 3.05) is 0 Å². The maximum absolute atomic E-state index is 2.43. The van der Waals surface area contributed by atoms with Gasteiger partial charge in [-0.25, -0.2) is 0 Å². The van der Waals surface area contributed by atoms with Gasteiger partial charge in [0, 0.05) is 0 Å². The highest BCUT2D eigenvalue weighted by atomic mass is 14.4. The molecule has 0 aromatic carbocycles. The molecule has 0 N–H and O–H groups in total. The van der Waals surface area contributed by atoms with E-state index in [1.54, 1.807) is 0 Å². The predicted molar refractivity (Wildman–Crippen MR) is 59.5 cm³/mol. The van der Waals surface area contributed by atoms with Crippen LogP contribution in [0.25, 0.3) is 0 Å². The Kier molecular flexibility index (Phi) is 6.79. The molecule has 76 valence electrons. The molecular formula is C12H28. The van der Waals surface area contributed by atoms with Crippen LogP contribution in [0.5, 0.6) is 0 Å². The first kappa shape index (κ1) is 14.5. The molecule has 0 radical (unpaired) electrons. The van der Waals surface area contributed by atoms with E-state index in [0.717, 1.165) is 5.92 Å². The molecule has 12 heavy (non-hydrogen) atoms. The summed E-state index contributed by atoms with van der Waals surface area (Å²) in [5.41, 5.74) is 0.646. The average Bonchev–Trinajstić information content (AvgIpc) is 1.87. The molecule has 1 aliphatic rings. The summed E-state index contributed by atoms with van der Waals surface area (Å²) >= 11 is 0. The summed E-state index contributed by atoms with van der Waals surface area (Å²) in [5, 5.41) is 0. The van der Waals surface area contributed by atoms with Gasteiger partial charge in [-0.1, -0.05) is 54.9 Å². The van der Waals surface area contributed by atoms with Crippen molar-refractivity contribution >= 4 is 0 Å².